The molecule has 0 spiro atoms. The molecule has 1 aliphatic heterocycles. The van der Waals surface area contributed by atoms with Crippen molar-refractivity contribution in [2.45, 2.75) is 18.8 Å². The second-order valence-corrected chi connectivity index (χ2v) is 6.86. The number of nitrogens with zero attached hydrogens (tertiary/aromatic N) is 1. The molecule has 1 aliphatic rings. The van der Waals surface area contributed by atoms with Gasteiger partial charge in [-0.3, -0.25) is 9.59 Å². The monoisotopic (exact) mass is 412 g/mol. The van der Waals surface area contributed by atoms with Crippen molar-refractivity contribution >= 4 is 23.4 Å². The van der Waals surface area contributed by atoms with E-state index >= 15 is 0 Å². The fourth-order valence-electron chi connectivity index (χ4n) is 3.25. The number of likely N-dealkylation sites (tertiary alicyclic amines) is 1. The molecule has 2 amide bonds. The number of ether oxygens (including phenoxy) is 1. The molecule has 2 aromatic rings. The lowest BCUT2D eigenvalue weighted by Gasteiger charge is -2.29. The highest BCUT2D eigenvalue weighted by Gasteiger charge is 2.38. The van der Waals surface area contributed by atoms with Crippen LogP contribution in [0.25, 0.3) is 0 Å². The van der Waals surface area contributed by atoms with Crippen LogP contribution in [0.5, 0.6) is 5.75 Å². The molecule has 2 N–H and O–H groups in total. The van der Waals surface area contributed by atoms with Crippen LogP contribution in [0, 0.1) is 5.92 Å². The van der Waals surface area contributed by atoms with Crippen LogP contribution in [0.4, 0.5) is 13.2 Å². The second kappa shape index (κ2) is 7.71. The van der Waals surface area contributed by atoms with E-state index in [0.717, 1.165) is 0 Å². The normalized spacial score (nSPS) is 18.2. The average Bonchev–Trinajstić information content (AvgIpc) is 2.97. The topological polar surface area (TPSA) is 72.6 Å². The fourth-order valence-corrected chi connectivity index (χ4v) is 3.45. The molecule has 0 radical (unpaired) electrons. The van der Waals surface area contributed by atoms with E-state index in [1.165, 1.54) is 29.2 Å². The molecule has 2 aromatic carbocycles. The molecule has 3 rings (SSSR count). The van der Waals surface area contributed by atoms with E-state index in [9.17, 15) is 22.8 Å². The number of hydrogen-bond acceptors (Lipinski definition) is 3. The number of alkyl halides is 3. The molecule has 1 heterocycles. The zero-order valence-corrected chi connectivity index (χ0v) is 15.2. The smallest absolute Gasteiger partial charge is 0.406 e. The van der Waals surface area contributed by atoms with Gasteiger partial charge in [-0.1, -0.05) is 35.9 Å². The molecular formula is C19H16ClF3N2O3. The number of carbonyl (C=O) groups excluding carboxylic acids is 2. The minimum atomic E-state index is -4.80. The van der Waals surface area contributed by atoms with Crippen LogP contribution in [0.3, 0.4) is 0 Å². The lowest BCUT2D eigenvalue weighted by Crippen LogP contribution is -2.32. The SMILES string of the molecule is NC(=O)C1CC(=O)N([C@H](c2ccc(OC(F)(F)F)cc2)c2cccc(Cl)c2)C1. The Morgan fingerprint density at radius 1 is 1.18 bits per heavy atom. The molecule has 9 heteroatoms. The highest BCUT2D eigenvalue weighted by molar-refractivity contribution is 6.30. The molecule has 2 atom stereocenters. The summed E-state index contributed by atoms with van der Waals surface area (Å²) in [6.07, 6.45) is -4.81. The van der Waals surface area contributed by atoms with Crippen molar-refractivity contribution < 1.29 is 27.5 Å². The van der Waals surface area contributed by atoms with E-state index in [1.807, 2.05) is 0 Å². The van der Waals surface area contributed by atoms with E-state index in [0.29, 0.717) is 16.1 Å². The molecule has 0 aromatic heterocycles. The van der Waals surface area contributed by atoms with Crippen LogP contribution in [0.2, 0.25) is 5.02 Å². The number of benzene rings is 2. The van der Waals surface area contributed by atoms with Gasteiger partial charge >= 0.3 is 6.36 Å². The summed E-state index contributed by atoms with van der Waals surface area (Å²) in [7, 11) is 0. The van der Waals surface area contributed by atoms with Crippen molar-refractivity contribution in [1.82, 2.24) is 4.90 Å². The Morgan fingerprint density at radius 2 is 1.86 bits per heavy atom. The van der Waals surface area contributed by atoms with Crippen molar-refractivity contribution in [3.05, 3.63) is 64.7 Å². The number of primary amides is 1. The molecule has 148 valence electrons. The Morgan fingerprint density at radius 3 is 2.39 bits per heavy atom. The summed E-state index contributed by atoms with van der Waals surface area (Å²) in [5.41, 5.74) is 6.55. The van der Waals surface area contributed by atoms with Crippen molar-refractivity contribution in [2.75, 3.05) is 6.54 Å². The fraction of sp³-hybridized carbons (Fsp3) is 0.263. The number of nitrogens with two attached hydrogens (primary N) is 1. The summed E-state index contributed by atoms with van der Waals surface area (Å²) in [6, 6.07) is 11.4. The van der Waals surface area contributed by atoms with Crippen LogP contribution in [0.15, 0.2) is 48.5 Å². The molecule has 1 unspecified atom stereocenters. The predicted octanol–water partition coefficient (Wildman–Crippen LogP) is 3.66. The largest absolute Gasteiger partial charge is 0.573 e. The summed E-state index contributed by atoms with van der Waals surface area (Å²) in [6.45, 7) is 0.117. The van der Waals surface area contributed by atoms with E-state index in [2.05, 4.69) is 4.74 Å². The lowest BCUT2D eigenvalue weighted by molar-refractivity contribution is -0.274. The molecule has 1 fully saturated rings. The van der Waals surface area contributed by atoms with E-state index < -0.39 is 24.2 Å². The van der Waals surface area contributed by atoms with Gasteiger partial charge in [0.25, 0.3) is 0 Å². The maximum Gasteiger partial charge on any atom is 0.573 e. The van der Waals surface area contributed by atoms with Crippen LogP contribution in [-0.4, -0.2) is 29.6 Å². The number of halogens is 4. The Kier molecular flexibility index (Phi) is 5.51. The van der Waals surface area contributed by atoms with Gasteiger partial charge in [0.05, 0.1) is 12.0 Å². The van der Waals surface area contributed by atoms with E-state index in [1.54, 1.807) is 24.3 Å². The molecule has 5 nitrogen and oxygen atoms in total. The standard InChI is InChI=1S/C19H16ClF3N2O3/c20-14-3-1-2-12(8-14)17(25-10-13(18(24)27)9-16(25)26)11-4-6-15(7-5-11)28-19(21,22)23/h1-8,13,17H,9-10H2,(H2,24,27)/t13?,17-/m1/s1. The first-order valence-electron chi connectivity index (χ1n) is 8.34. The molecule has 0 aliphatic carbocycles. The zero-order chi connectivity index (χ0) is 20.5. The maximum atomic E-state index is 12.5. The van der Waals surface area contributed by atoms with Gasteiger partial charge in [0, 0.05) is 18.0 Å². The highest BCUT2D eigenvalue weighted by atomic mass is 35.5. The van der Waals surface area contributed by atoms with Crippen LogP contribution < -0.4 is 10.5 Å². The Labute approximate surface area is 163 Å². The number of carbonyl (C=O) groups is 2. The summed E-state index contributed by atoms with van der Waals surface area (Å²) in [4.78, 5) is 25.5. The molecule has 1 saturated heterocycles. The summed E-state index contributed by atoms with van der Waals surface area (Å²) in [5, 5.41) is 0.442. The minimum absolute atomic E-state index is 0.0122. The first-order valence-corrected chi connectivity index (χ1v) is 8.72. The first-order chi connectivity index (χ1) is 13.1. The van der Waals surface area contributed by atoms with Gasteiger partial charge in [0.2, 0.25) is 11.8 Å². The van der Waals surface area contributed by atoms with E-state index in [4.69, 9.17) is 17.3 Å². The van der Waals surface area contributed by atoms with Gasteiger partial charge in [0.1, 0.15) is 5.75 Å². The van der Waals surface area contributed by atoms with Crippen molar-refractivity contribution in [3.8, 4) is 5.75 Å². The highest BCUT2D eigenvalue weighted by Crippen LogP contribution is 2.36. The quantitative estimate of drug-likeness (QED) is 0.814. The predicted molar refractivity (Wildman–Crippen MR) is 95.4 cm³/mol. The Hall–Kier alpha value is -2.74. The number of hydrogen-bond donors (Lipinski definition) is 1. The molecule has 28 heavy (non-hydrogen) atoms. The van der Waals surface area contributed by atoms with Crippen molar-refractivity contribution in [3.63, 3.8) is 0 Å². The molecule has 0 bridgehead atoms. The van der Waals surface area contributed by atoms with Gasteiger partial charge in [-0.2, -0.15) is 0 Å². The maximum absolute atomic E-state index is 12.5. The molecule has 0 saturated carbocycles. The summed E-state index contributed by atoms with van der Waals surface area (Å²) >= 11 is 6.07. The van der Waals surface area contributed by atoms with Gasteiger partial charge in [-0.25, -0.2) is 0 Å². The summed E-state index contributed by atoms with van der Waals surface area (Å²) in [5.74, 6) is -1.84. The second-order valence-electron chi connectivity index (χ2n) is 6.42. The minimum Gasteiger partial charge on any atom is -0.406 e. The lowest BCUT2D eigenvalue weighted by atomic mass is 9.97. The third-order valence-corrected chi connectivity index (χ3v) is 4.70. The molecular weight excluding hydrogens is 397 g/mol. The Bertz CT molecular complexity index is 887. The van der Waals surface area contributed by atoms with Crippen LogP contribution in [0.1, 0.15) is 23.6 Å². The van der Waals surface area contributed by atoms with Crippen LogP contribution in [-0.2, 0) is 9.59 Å². The van der Waals surface area contributed by atoms with Crippen molar-refractivity contribution in [1.29, 1.82) is 0 Å². The van der Waals surface area contributed by atoms with Gasteiger partial charge in [-0.15, -0.1) is 13.2 Å². The average molecular weight is 413 g/mol. The van der Waals surface area contributed by atoms with Crippen molar-refractivity contribution in [2.24, 2.45) is 11.7 Å². The first kappa shape index (κ1) is 20.0. The van der Waals surface area contributed by atoms with Gasteiger partial charge in [-0.05, 0) is 35.4 Å². The van der Waals surface area contributed by atoms with E-state index in [-0.39, 0.29) is 24.6 Å². The zero-order valence-electron chi connectivity index (χ0n) is 14.4. The third-order valence-electron chi connectivity index (χ3n) is 4.47. The third kappa shape index (κ3) is 4.56. The van der Waals surface area contributed by atoms with Gasteiger partial charge < -0.3 is 15.4 Å². The number of rotatable bonds is 5. The van der Waals surface area contributed by atoms with Crippen LogP contribution >= 0.6 is 11.6 Å². The summed E-state index contributed by atoms with van der Waals surface area (Å²) < 4.78 is 41.1. The van der Waals surface area contributed by atoms with Gasteiger partial charge in [0.15, 0.2) is 0 Å². The number of amides is 2. The Balaban J connectivity index is 1.98.